The number of aldehydes is 1. The molecule has 66 valence electrons. The van der Waals surface area contributed by atoms with Gasteiger partial charge in [-0.2, -0.15) is 0 Å². The zero-order valence-electron chi connectivity index (χ0n) is 7.70. The van der Waals surface area contributed by atoms with Crippen LogP contribution in [0.4, 0.5) is 0 Å². The van der Waals surface area contributed by atoms with E-state index in [1.54, 1.807) is 14.1 Å². The highest BCUT2D eigenvalue weighted by molar-refractivity contribution is 5.49. The summed E-state index contributed by atoms with van der Waals surface area (Å²) in [6.45, 7) is 4.04. The third kappa shape index (κ3) is 27.2. The van der Waals surface area contributed by atoms with Crippen molar-refractivity contribution < 1.29 is 9.59 Å². The number of hydrogen-bond donors (Lipinski definition) is 0. The third-order valence-electron chi connectivity index (χ3n) is 0.778. The Labute approximate surface area is 68.4 Å². The second kappa shape index (κ2) is 9.14. The van der Waals surface area contributed by atoms with Gasteiger partial charge in [0.2, 0.25) is 6.41 Å². The molecule has 0 aromatic heterocycles. The lowest BCUT2D eigenvalue weighted by Crippen LogP contribution is -2.06. The summed E-state index contributed by atoms with van der Waals surface area (Å²) in [6, 6.07) is 0. The van der Waals surface area contributed by atoms with E-state index in [2.05, 4.69) is 0 Å². The molecule has 0 spiro atoms. The minimum Gasteiger partial charge on any atom is -0.351 e. The molecule has 0 N–H and O–H groups in total. The summed E-state index contributed by atoms with van der Waals surface area (Å²) < 4.78 is 0. The molecule has 0 saturated carbocycles. The maximum atomic E-state index is 9.62. The number of rotatable bonds is 3. The molecule has 0 fully saturated rings. The van der Waals surface area contributed by atoms with Crippen molar-refractivity contribution in [1.82, 2.24) is 4.90 Å². The van der Waals surface area contributed by atoms with Crippen molar-refractivity contribution in [3.8, 4) is 0 Å². The van der Waals surface area contributed by atoms with E-state index in [9.17, 15) is 9.59 Å². The van der Waals surface area contributed by atoms with Crippen LogP contribution in [0.5, 0.6) is 0 Å². The smallest absolute Gasteiger partial charge is 0.209 e. The van der Waals surface area contributed by atoms with Crippen LogP contribution < -0.4 is 0 Å². The van der Waals surface area contributed by atoms with Gasteiger partial charge in [0, 0.05) is 20.5 Å². The van der Waals surface area contributed by atoms with E-state index < -0.39 is 0 Å². The minimum absolute atomic E-state index is 0.530. The average molecular weight is 159 g/mol. The molecule has 0 heterocycles. The standard InChI is InChI=1S/C5H10O.C3H7NO/c1-5(2)3-4-6;1-4(2)3-5/h4-5H,3H2,1-2H3;3H,1-2H3. The predicted octanol–water partition coefficient (Wildman–Crippen LogP) is 0.936. The van der Waals surface area contributed by atoms with E-state index in [1.165, 1.54) is 4.90 Å². The van der Waals surface area contributed by atoms with Crippen LogP contribution >= 0.6 is 0 Å². The molecule has 0 unspecified atom stereocenters. The molecular formula is C8H17NO2. The zero-order chi connectivity index (χ0) is 9.28. The number of hydrogen-bond acceptors (Lipinski definition) is 2. The van der Waals surface area contributed by atoms with Gasteiger partial charge in [-0.3, -0.25) is 4.79 Å². The lowest BCUT2D eigenvalue weighted by molar-refractivity contribution is -0.116. The molecule has 11 heavy (non-hydrogen) atoms. The predicted molar refractivity (Wildman–Crippen MR) is 45.3 cm³/mol. The monoisotopic (exact) mass is 159 g/mol. The molecule has 0 aromatic rings. The Hall–Kier alpha value is -0.860. The molecule has 3 nitrogen and oxygen atoms in total. The van der Waals surface area contributed by atoms with E-state index in [4.69, 9.17) is 0 Å². The van der Waals surface area contributed by atoms with Gasteiger partial charge in [0.05, 0.1) is 0 Å². The maximum Gasteiger partial charge on any atom is 0.209 e. The summed E-state index contributed by atoms with van der Waals surface area (Å²) in [7, 11) is 3.38. The lowest BCUT2D eigenvalue weighted by Gasteiger charge is -1.93. The van der Waals surface area contributed by atoms with Gasteiger partial charge in [-0.15, -0.1) is 0 Å². The van der Waals surface area contributed by atoms with Crippen LogP contribution in [0.3, 0.4) is 0 Å². The first-order valence-electron chi connectivity index (χ1n) is 3.60. The Morgan fingerprint density at radius 1 is 1.27 bits per heavy atom. The third-order valence-corrected chi connectivity index (χ3v) is 0.778. The van der Waals surface area contributed by atoms with Crippen molar-refractivity contribution in [3.63, 3.8) is 0 Å². The maximum absolute atomic E-state index is 9.62. The molecule has 0 aromatic carbocycles. The summed E-state index contributed by atoms with van der Waals surface area (Å²) in [6.07, 6.45) is 2.39. The van der Waals surface area contributed by atoms with Crippen molar-refractivity contribution in [3.05, 3.63) is 0 Å². The van der Waals surface area contributed by atoms with Gasteiger partial charge in [0.15, 0.2) is 0 Å². The van der Waals surface area contributed by atoms with Crippen molar-refractivity contribution in [1.29, 1.82) is 0 Å². The fourth-order valence-electron chi connectivity index (χ4n) is 0.192. The molecule has 0 aliphatic rings. The molecule has 1 amide bonds. The fourth-order valence-corrected chi connectivity index (χ4v) is 0.192. The Morgan fingerprint density at radius 3 is 1.64 bits per heavy atom. The van der Waals surface area contributed by atoms with E-state index >= 15 is 0 Å². The number of carbonyl (C=O) groups excluding carboxylic acids is 2. The van der Waals surface area contributed by atoms with Gasteiger partial charge in [-0.25, -0.2) is 0 Å². The fraction of sp³-hybridized carbons (Fsp3) is 0.750. The van der Waals surface area contributed by atoms with Gasteiger partial charge in [0.25, 0.3) is 0 Å². The Bertz CT molecular complexity index is 100. The molecule has 0 bridgehead atoms. The van der Waals surface area contributed by atoms with Crippen molar-refractivity contribution in [2.75, 3.05) is 14.1 Å². The van der Waals surface area contributed by atoms with Gasteiger partial charge in [-0.1, -0.05) is 13.8 Å². The molecule has 0 rings (SSSR count). The van der Waals surface area contributed by atoms with Gasteiger partial charge in [0.1, 0.15) is 6.29 Å². The Morgan fingerprint density at radius 2 is 1.64 bits per heavy atom. The largest absolute Gasteiger partial charge is 0.351 e. The molecule has 0 radical (unpaired) electrons. The van der Waals surface area contributed by atoms with Gasteiger partial charge in [-0.05, 0) is 5.92 Å². The summed E-state index contributed by atoms with van der Waals surface area (Å²) in [5.74, 6) is 0.530. The number of carbonyl (C=O) groups is 2. The summed E-state index contributed by atoms with van der Waals surface area (Å²) in [5, 5.41) is 0. The highest BCUT2D eigenvalue weighted by atomic mass is 16.1. The van der Waals surface area contributed by atoms with Crippen LogP contribution in [0.1, 0.15) is 20.3 Å². The van der Waals surface area contributed by atoms with E-state index in [-0.39, 0.29) is 0 Å². The molecule has 3 heteroatoms. The summed E-state index contributed by atoms with van der Waals surface area (Å²) in [5.41, 5.74) is 0. The molecule has 0 atom stereocenters. The van der Waals surface area contributed by atoms with E-state index in [1.807, 2.05) is 13.8 Å². The second-order valence-electron chi connectivity index (χ2n) is 2.87. The lowest BCUT2D eigenvalue weighted by atomic mass is 10.2. The van der Waals surface area contributed by atoms with Crippen LogP contribution in [0.25, 0.3) is 0 Å². The number of nitrogens with zero attached hydrogens (tertiary/aromatic N) is 1. The van der Waals surface area contributed by atoms with Crippen molar-refractivity contribution >= 4 is 12.7 Å². The minimum atomic E-state index is 0.530. The topological polar surface area (TPSA) is 37.4 Å². The molecular weight excluding hydrogens is 142 g/mol. The number of amides is 1. The highest BCUT2D eigenvalue weighted by Crippen LogP contribution is 1.92. The second-order valence-corrected chi connectivity index (χ2v) is 2.87. The average Bonchev–Trinajstić information content (AvgIpc) is 1.89. The van der Waals surface area contributed by atoms with Crippen LogP contribution in [0.2, 0.25) is 0 Å². The van der Waals surface area contributed by atoms with E-state index in [0.29, 0.717) is 12.3 Å². The molecule has 0 aliphatic carbocycles. The molecule has 0 aliphatic heterocycles. The first-order chi connectivity index (χ1) is 5.04. The Balaban J connectivity index is 0. The SMILES string of the molecule is CC(C)CC=O.CN(C)C=O. The first kappa shape index (κ1) is 12.8. The highest BCUT2D eigenvalue weighted by Gasteiger charge is 1.85. The molecule has 0 saturated heterocycles. The van der Waals surface area contributed by atoms with Crippen LogP contribution in [0.15, 0.2) is 0 Å². The van der Waals surface area contributed by atoms with Gasteiger partial charge >= 0.3 is 0 Å². The van der Waals surface area contributed by atoms with Crippen molar-refractivity contribution in [2.45, 2.75) is 20.3 Å². The first-order valence-corrected chi connectivity index (χ1v) is 3.60. The quantitative estimate of drug-likeness (QED) is 0.575. The van der Waals surface area contributed by atoms with Crippen LogP contribution in [0, 0.1) is 5.92 Å². The normalized spacial score (nSPS) is 8.09. The summed E-state index contributed by atoms with van der Waals surface area (Å²) in [4.78, 5) is 20.5. The zero-order valence-corrected chi connectivity index (χ0v) is 7.70. The Kier molecular flexibility index (Phi) is 10.6. The van der Waals surface area contributed by atoms with E-state index in [0.717, 1.165) is 12.7 Å². The van der Waals surface area contributed by atoms with Gasteiger partial charge < -0.3 is 9.69 Å². The van der Waals surface area contributed by atoms with Crippen LogP contribution in [-0.4, -0.2) is 31.7 Å². The summed E-state index contributed by atoms with van der Waals surface area (Å²) >= 11 is 0. The van der Waals surface area contributed by atoms with Crippen LogP contribution in [-0.2, 0) is 9.59 Å². The van der Waals surface area contributed by atoms with Crippen molar-refractivity contribution in [2.24, 2.45) is 5.92 Å².